The molecule has 26 heavy (non-hydrogen) atoms. The molecule has 134 valence electrons. The molecule has 0 saturated carbocycles. The maximum atomic E-state index is 12.9. The molecule has 6 heteroatoms. The van der Waals surface area contributed by atoms with Gasteiger partial charge in [-0.1, -0.05) is 41.9 Å². The van der Waals surface area contributed by atoms with Crippen LogP contribution in [0.25, 0.3) is 0 Å². The van der Waals surface area contributed by atoms with Crippen molar-refractivity contribution in [1.29, 1.82) is 0 Å². The molecule has 1 unspecified atom stereocenters. The summed E-state index contributed by atoms with van der Waals surface area (Å²) in [6.07, 6.45) is 0.237. The molecule has 3 amide bonds. The fourth-order valence-electron chi connectivity index (χ4n) is 3.20. The SMILES string of the molecule is CC(C)(C(N)=O)C(Cc1ccccc1Cl)N1C(=O)c2ccccc2C1=O. The number of amides is 3. The zero-order chi connectivity index (χ0) is 19.1. The molecule has 0 radical (unpaired) electrons. The van der Waals surface area contributed by atoms with Crippen molar-refractivity contribution in [2.45, 2.75) is 26.3 Å². The van der Waals surface area contributed by atoms with Crippen molar-refractivity contribution >= 4 is 29.3 Å². The Morgan fingerprint density at radius 1 is 1.04 bits per heavy atom. The summed E-state index contributed by atoms with van der Waals surface area (Å²) >= 11 is 6.26. The first-order valence-electron chi connectivity index (χ1n) is 8.25. The van der Waals surface area contributed by atoms with Crippen LogP contribution in [0.3, 0.4) is 0 Å². The average Bonchev–Trinajstić information content (AvgIpc) is 2.85. The maximum Gasteiger partial charge on any atom is 0.261 e. The number of hydrogen-bond donors (Lipinski definition) is 1. The van der Waals surface area contributed by atoms with Gasteiger partial charge in [-0.25, -0.2) is 0 Å². The van der Waals surface area contributed by atoms with Gasteiger partial charge in [-0.3, -0.25) is 19.3 Å². The molecular weight excluding hydrogens is 352 g/mol. The number of fused-ring (bicyclic) bond motifs is 1. The molecule has 2 aromatic carbocycles. The fourth-order valence-corrected chi connectivity index (χ4v) is 3.41. The number of nitrogens with zero attached hydrogens (tertiary/aromatic N) is 1. The molecule has 5 nitrogen and oxygen atoms in total. The van der Waals surface area contributed by atoms with E-state index in [9.17, 15) is 14.4 Å². The summed E-state index contributed by atoms with van der Waals surface area (Å²) in [6.45, 7) is 3.28. The van der Waals surface area contributed by atoms with Gasteiger partial charge in [0, 0.05) is 5.02 Å². The van der Waals surface area contributed by atoms with Gasteiger partial charge in [-0.2, -0.15) is 0 Å². The summed E-state index contributed by atoms with van der Waals surface area (Å²) in [5.41, 5.74) is 5.88. The molecule has 2 aromatic rings. The molecule has 0 bridgehead atoms. The van der Waals surface area contributed by atoms with Crippen molar-refractivity contribution in [3.8, 4) is 0 Å². The number of nitrogens with two attached hydrogens (primary N) is 1. The Kier molecular flexibility index (Phi) is 4.59. The van der Waals surface area contributed by atoms with Gasteiger partial charge in [0.15, 0.2) is 0 Å². The molecule has 0 spiro atoms. The van der Waals surface area contributed by atoms with Crippen LogP contribution in [0.4, 0.5) is 0 Å². The number of benzene rings is 2. The van der Waals surface area contributed by atoms with Crippen molar-refractivity contribution < 1.29 is 14.4 Å². The summed E-state index contributed by atoms with van der Waals surface area (Å²) in [4.78, 5) is 39.1. The predicted octanol–water partition coefficient (Wildman–Crippen LogP) is 3.06. The lowest BCUT2D eigenvalue weighted by atomic mass is 9.79. The van der Waals surface area contributed by atoms with Crippen LogP contribution in [0.1, 0.15) is 40.1 Å². The van der Waals surface area contributed by atoms with Crippen LogP contribution in [0.15, 0.2) is 48.5 Å². The molecule has 0 saturated heterocycles. The second-order valence-electron chi connectivity index (χ2n) is 6.92. The summed E-state index contributed by atoms with van der Waals surface area (Å²) in [7, 11) is 0. The highest BCUT2D eigenvalue weighted by molar-refractivity contribution is 6.31. The zero-order valence-corrected chi connectivity index (χ0v) is 15.3. The lowest BCUT2D eigenvalue weighted by Crippen LogP contribution is -2.54. The van der Waals surface area contributed by atoms with Gasteiger partial charge in [-0.05, 0) is 44.0 Å². The monoisotopic (exact) mass is 370 g/mol. The van der Waals surface area contributed by atoms with Crippen LogP contribution < -0.4 is 5.73 Å². The van der Waals surface area contributed by atoms with Crippen molar-refractivity contribution in [2.75, 3.05) is 0 Å². The molecule has 0 aliphatic carbocycles. The van der Waals surface area contributed by atoms with Crippen LogP contribution in [0.2, 0.25) is 5.02 Å². The van der Waals surface area contributed by atoms with Gasteiger partial charge in [0.05, 0.1) is 22.6 Å². The fraction of sp³-hybridized carbons (Fsp3) is 0.250. The van der Waals surface area contributed by atoms with E-state index in [0.717, 1.165) is 10.5 Å². The molecule has 3 rings (SSSR count). The second-order valence-corrected chi connectivity index (χ2v) is 7.33. The van der Waals surface area contributed by atoms with Gasteiger partial charge in [-0.15, -0.1) is 0 Å². The number of carbonyl (C=O) groups is 3. The summed E-state index contributed by atoms with van der Waals surface area (Å²) in [5, 5.41) is 0.509. The minimum absolute atomic E-state index is 0.237. The third-order valence-electron chi connectivity index (χ3n) is 4.98. The first kappa shape index (κ1) is 18.1. The standard InChI is InChI=1S/C20H19ClN2O3/c1-20(2,19(22)26)16(11-12-7-3-6-10-15(12)21)23-17(24)13-8-4-5-9-14(13)18(23)25/h3-10,16H,11H2,1-2H3,(H2,22,26). The van der Waals surface area contributed by atoms with E-state index >= 15 is 0 Å². The highest BCUT2D eigenvalue weighted by Gasteiger charge is 2.48. The Morgan fingerprint density at radius 2 is 1.54 bits per heavy atom. The Bertz CT molecular complexity index is 872. The molecular formula is C20H19ClN2O3. The van der Waals surface area contributed by atoms with Gasteiger partial charge in [0.2, 0.25) is 5.91 Å². The van der Waals surface area contributed by atoms with Crippen LogP contribution in [-0.2, 0) is 11.2 Å². The number of primary amides is 1. The molecule has 1 heterocycles. The van der Waals surface area contributed by atoms with Gasteiger partial charge in [0.1, 0.15) is 0 Å². The van der Waals surface area contributed by atoms with Gasteiger partial charge < -0.3 is 5.73 Å². The number of halogens is 1. The van der Waals surface area contributed by atoms with Crippen molar-refractivity contribution in [3.05, 3.63) is 70.2 Å². The van der Waals surface area contributed by atoms with E-state index in [1.807, 2.05) is 12.1 Å². The topological polar surface area (TPSA) is 80.5 Å². The van der Waals surface area contributed by atoms with Crippen LogP contribution >= 0.6 is 11.6 Å². The average molecular weight is 371 g/mol. The largest absolute Gasteiger partial charge is 0.369 e. The predicted molar refractivity (Wildman–Crippen MR) is 98.9 cm³/mol. The number of imide groups is 1. The Morgan fingerprint density at radius 3 is 2.04 bits per heavy atom. The van der Waals surface area contributed by atoms with E-state index in [4.69, 9.17) is 17.3 Å². The zero-order valence-electron chi connectivity index (χ0n) is 14.5. The normalized spacial score (nSPS) is 15.1. The lowest BCUT2D eigenvalue weighted by molar-refractivity contribution is -0.128. The summed E-state index contributed by atoms with van der Waals surface area (Å²) < 4.78 is 0. The first-order valence-corrected chi connectivity index (χ1v) is 8.63. The number of hydrogen-bond acceptors (Lipinski definition) is 3. The van der Waals surface area contributed by atoms with E-state index in [0.29, 0.717) is 16.1 Å². The first-order chi connectivity index (χ1) is 12.2. The molecule has 1 atom stereocenters. The van der Waals surface area contributed by atoms with Gasteiger partial charge >= 0.3 is 0 Å². The van der Waals surface area contributed by atoms with Crippen molar-refractivity contribution in [2.24, 2.45) is 11.1 Å². The van der Waals surface area contributed by atoms with Crippen LogP contribution in [-0.4, -0.2) is 28.7 Å². The minimum Gasteiger partial charge on any atom is -0.369 e. The Labute approximate surface area is 156 Å². The van der Waals surface area contributed by atoms with Crippen molar-refractivity contribution in [1.82, 2.24) is 4.90 Å². The van der Waals surface area contributed by atoms with E-state index in [-0.39, 0.29) is 6.42 Å². The smallest absolute Gasteiger partial charge is 0.261 e. The van der Waals surface area contributed by atoms with Gasteiger partial charge in [0.25, 0.3) is 11.8 Å². The highest BCUT2D eigenvalue weighted by atomic mass is 35.5. The quantitative estimate of drug-likeness (QED) is 0.821. The van der Waals surface area contributed by atoms with Crippen LogP contribution in [0.5, 0.6) is 0 Å². The molecule has 2 N–H and O–H groups in total. The molecule has 1 aliphatic heterocycles. The molecule has 1 aliphatic rings. The number of rotatable bonds is 5. The van der Waals surface area contributed by atoms with Crippen LogP contribution in [0, 0.1) is 5.41 Å². The Balaban J connectivity index is 2.08. The number of carbonyl (C=O) groups excluding carboxylic acids is 3. The third kappa shape index (κ3) is 2.88. The van der Waals surface area contributed by atoms with E-state index in [2.05, 4.69) is 0 Å². The second kappa shape index (κ2) is 6.57. The Hall–Kier alpha value is -2.66. The lowest BCUT2D eigenvalue weighted by Gasteiger charge is -2.37. The van der Waals surface area contributed by atoms with E-state index < -0.39 is 29.2 Å². The minimum atomic E-state index is -1.13. The molecule has 0 aromatic heterocycles. The van der Waals surface area contributed by atoms with E-state index in [1.54, 1.807) is 50.2 Å². The summed E-state index contributed by atoms with van der Waals surface area (Å²) in [5.74, 6) is -1.43. The van der Waals surface area contributed by atoms with E-state index in [1.165, 1.54) is 0 Å². The summed E-state index contributed by atoms with van der Waals surface area (Å²) in [6, 6.07) is 13.0. The molecule has 0 fully saturated rings. The third-order valence-corrected chi connectivity index (χ3v) is 5.35. The maximum absolute atomic E-state index is 12.9. The highest BCUT2D eigenvalue weighted by Crippen LogP contribution is 2.35. The van der Waals surface area contributed by atoms with Crippen molar-refractivity contribution in [3.63, 3.8) is 0 Å².